The number of hydrogen-bond donors (Lipinski definition) is 1. The Hall–Kier alpha value is -3.75. The number of anilines is 1. The molecule has 1 aromatic carbocycles. The number of aryl methyl sites for hydroxylation is 1. The molecular weight excluding hydrogens is 874 g/mol. The standard InChI is InChI=1S/C53H72FN3O9S/c1-10-51(6)25-42(65-43(60)27-67-35-22-32-12-13-33(23-35)55(32)9)53(8)28(2)21-37-41(59)15-18-52(7,47(37)53)30(4)48(51)66-49(62)31(5)64-50(63)39-26-57-29(3)11-14-36-44(57)38(46(39)61)24-40(54)45(36)56-19-16-34(58)17-20-56/h10,24,26,28-35,37,42,47-48,58H,1,11-23,25,27H2,2-9H3/t28?,29?,30-,31?,32?,33?,35?,37?,42+,47?,48-,51+,52?,53-/m1/s1. The highest BCUT2D eigenvalue weighted by atomic mass is 32.2. The van der Waals surface area contributed by atoms with Crippen LogP contribution in [-0.4, -0.2) is 106 Å². The lowest BCUT2D eigenvalue weighted by atomic mass is 9.46. The van der Waals surface area contributed by atoms with E-state index < -0.39 is 63.8 Å². The zero-order valence-electron chi connectivity index (χ0n) is 40.8. The number of aromatic nitrogens is 1. The van der Waals surface area contributed by atoms with Crippen LogP contribution in [0.15, 0.2) is 29.7 Å². The Kier molecular flexibility index (Phi) is 12.9. The largest absolute Gasteiger partial charge is 0.461 e. The first-order valence-electron chi connectivity index (χ1n) is 25.1. The van der Waals surface area contributed by atoms with Crippen LogP contribution in [0, 0.1) is 45.7 Å². The highest BCUT2D eigenvalue weighted by Gasteiger charge is 2.68. The van der Waals surface area contributed by atoms with E-state index in [1.165, 1.54) is 32.0 Å². The van der Waals surface area contributed by atoms with Crippen LogP contribution in [0.5, 0.6) is 0 Å². The van der Waals surface area contributed by atoms with Crippen LogP contribution in [-0.2, 0) is 35.0 Å². The number of fused-ring (bicyclic) bond motifs is 2. The summed E-state index contributed by atoms with van der Waals surface area (Å²) in [4.78, 5) is 75.0. The number of esters is 3. The predicted octanol–water partition coefficient (Wildman–Crippen LogP) is 8.22. The zero-order valence-corrected chi connectivity index (χ0v) is 41.6. The van der Waals surface area contributed by atoms with Crippen LogP contribution >= 0.6 is 11.8 Å². The van der Waals surface area contributed by atoms with Crippen molar-refractivity contribution in [1.29, 1.82) is 0 Å². The third-order valence-electron chi connectivity index (χ3n) is 19.0. The van der Waals surface area contributed by atoms with Gasteiger partial charge in [0.2, 0.25) is 5.43 Å². The minimum Gasteiger partial charge on any atom is -0.461 e. The lowest BCUT2D eigenvalue weighted by molar-refractivity contribution is -0.205. The summed E-state index contributed by atoms with van der Waals surface area (Å²) < 4.78 is 37.0. The quantitative estimate of drug-likeness (QED) is 0.139. The van der Waals surface area contributed by atoms with E-state index in [1.54, 1.807) is 17.8 Å². The molecule has 3 aliphatic carbocycles. The highest BCUT2D eigenvalue weighted by molar-refractivity contribution is 8.00. The van der Waals surface area contributed by atoms with E-state index >= 15 is 4.39 Å². The third kappa shape index (κ3) is 8.08. The molecule has 0 radical (unpaired) electrons. The monoisotopic (exact) mass is 945 g/mol. The second kappa shape index (κ2) is 17.9. The van der Waals surface area contributed by atoms with E-state index in [0.717, 1.165) is 12.8 Å². The number of piperidine rings is 2. The van der Waals surface area contributed by atoms with Crippen LogP contribution in [0.1, 0.15) is 141 Å². The summed E-state index contributed by atoms with van der Waals surface area (Å²) in [5.41, 5.74) is -1.23. The molecular formula is C53H72FN3O9S. The molecule has 1 aromatic heterocycles. The van der Waals surface area contributed by atoms with Gasteiger partial charge in [-0.1, -0.05) is 40.7 Å². The van der Waals surface area contributed by atoms with Crippen LogP contribution < -0.4 is 10.3 Å². The topological polar surface area (TPSA) is 145 Å². The van der Waals surface area contributed by atoms with Crippen molar-refractivity contribution in [2.45, 2.75) is 173 Å². The average Bonchev–Trinajstić information content (AvgIpc) is 3.67. The number of thioether (sulfide) groups is 1. The van der Waals surface area contributed by atoms with Gasteiger partial charge in [-0.2, -0.15) is 0 Å². The lowest BCUT2D eigenvalue weighted by Crippen LogP contribution is -2.61. The first kappa shape index (κ1) is 48.3. The molecule has 5 heterocycles. The number of Topliss-reactive ketones (excluding diaryl/α,β-unsaturated/α-hetero) is 1. The number of aliphatic hydroxyl groups excluding tert-OH is 1. The molecule has 7 aliphatic rings. The van der Waals surface area contributed by atoms with Crippen molar-refractivity contribution >= 4 is 52.0 Å². The number of nitrogens with zero attached hydrogens (tertiary/aromatic N) is 3. The number of ether oxygens (including phenoxy) is 3. The van der Waals surface area contributed by atoms with Crippen molar-refractivity contribution in [2.75, 3.05) is 30.8 Å². The van der Waals surface area contributed by atoms with Gasteiger partial charge in [-0.05, 0) is 121 Å². The summed E-state index contributed by atoms with van der Waals surface area (Å²) in [7, 11) is 2.21. The first-order valence-corrected chi connectivity index (χ1v) is 26.2. The van der Waals surface area contributed by atoms with E-state index in [1.807, 2.05) is 23.3 Å². The van der Waals surface area contributed by atoms with Gasteiger partial charge in [0.05, 0.1) is 23.1 Å². The van der Waals surface area contributed by atoms with Gasteiger partial charge in [0.1, 0.15) is 29.4 Å². The fourth-order valence-corrected chi connectivity index (χ4v) is 15.8. The third-order valence-corrected chi connectivity index (χ3v) is 20.2. The van der Waals surface area contributed by atoms with Gasteiger partial charge in [0.15, 0.2) is 6.10 Å². The summed E-state index contributed by atoms with van der Waals surface area (Å²) in [6.45, 7) is 19.4. The van der Waals surface area contributed by atoms with Crippen molar-refractivity contribution < 1.29 is 42.9 Å². The van der Waals surface area contributed by atoms with Gasteiger partial charge >= 0.3 is 17.9 Å². The molecule has 8 unspecified atom stereocenters. The fraction of sp³-hybridized carbons (Fsp3) is 0.717. The first-order chi connectivity index (χ1) is 31.7. The molecule has 2 bridgehead atoms. The van der Waals surface area contributed by atoms with Gasteiger partial charge in [-0.25, -0.2) is 14.0 Å². The summed E-state index contributed by atoms with van der Waals surface area (Å²) >= 11 is 1.70. The Bertz CT molecular complexity index is 2390. The van der Waals surface area contributed by atoms with E-state index in [0.29, 0.717) is 98.6 Å². The summed E-state index contributed by atoms with van der Waals surface area (Å²) in [6, 6.07) is 2.22. The molecule has 4 aliphatic heterocycles. The van der Waals surface area contributed by atoms with E-state index in [4.69, 9.17) is 14.2 Å². The second-order valence-corrected chi connectivity index (χ2v) is 23.9. The minimum atomic E-state index is -1.43. The van der Waals surface area contributed by atoms with Crippen LogP contribution in [0.4, 0.5) is 10.1 Å². The molecule has 3 saturated carbocycles. The Morgan fingerprint density at radius 3 is 2.36 bits per heavy atom. The molecule has 1 N–H and O–H groups in total. The Morgan fingerprint density at radius 1 is 1.00 bits per heavy atom. The average molecular weight is 946 g/mol. The van der Waals surface area contributed by atoms with Crippen LogP contribution in [0.2, 0.25) is 0 Å². The molecule has 9 rings (SSSR count). The van der Waals surface area contributed by atoms with Crippen LogP contribution in [0.25, 0.3) is 10.9 Å². The van der Waals surface area contributed by atoms with Crippen molar-refractivity contribution in [3.8, 4) is 0 Å². The smallest absolute Gasteiger partial charge is 0.347 e. The number of benzene rings is 1. The Morgan fingerprint density at radius 2 is 1.69 bits per heavy atom. The number of carbonyl (C=O) groups is 4. The van der Waals surface area contributed by atoms with Crippen molar-refractivity contribution in [2.24, 2.45) is 39.9 Å². The number of halogens is 1. The predicted molar refractivity (Wildman–Crippen MR) is 257 cm³/mol. The van der Waals surface area contributed by atoms with Crippen molar-refractivity contribution in [3.05, 3.63) is 52.1 Å². The van der Waals surface area contributed by atoms with Gasteiger partial charge in [-0.15, -0.1) is 18.3 Å². The maximum atomic E-state index is 16.1. The number of rotatable bonds is 10. The molecule has 14 heteroatoms. The summed E-state index contributed by atoms with van der Waals surface area (Å²) in [6.07, 6.45) is 8.78. The SMILES string of the molecule is C=C[C@@]1(C)C[C@H](OC(=O)CSC2CC3CCC(C2)N3C)[C@@]2(C)C(C)CC3C(=O)CCC(C)(C32)[C@H](C)[C@H]1OC(=O)C(C)OC(=O)c1cn2c3c(c(N4CCC(O)CC4)c(F)cc3c1=O)CCC2C. The molecule has 0 amide bonds. The molecule has 13 atom stereocenters. The maximum absolute atomic E-state index is 16.1. The molecule has 366 valence electrons. The number of carbonyl (C=O) groups excluding carboxylic acids is 4. The number of hydrogen-bond acceptors (Lipinski definition) is 12. The Labute approximate surface area is 399 Å². The van der Waals surface area contributed by atoms with Crippen molar-refractivity contribution in [1.82, 2.24) is 9.47 Å². The molecule has 12 nitrogen and oxygen atoms in total. The number of aliphatic hydroxyl groups is 1. The van der Waals surface area contributed by atoms with Crippen LogP contribution in [0.3, 0.4) is 0 Å². The second-order valence-electron chi connectivity index (χ2n) is 22.6. The maximum Gasteiger partial charge on any atom is 0.347 e. The molecule has 3 saturated heterocycles. The van der Waals surface area contributed by atoms with E-state index in [2.05, 4.69) is 46.2 Å². The Balaban J connectivity index is 0.975. The van der Waals surface area contributed by atoms with Gasteiger partial charge in [0, 0.05) is 76.8 Å². The number of pyridine rings is 1. The molecule has 67 heavy (non-hydrogen) atoms. The number of ketones is 1. The van der Waals surface area contributed by atoms with Gasteiger partial charge < -0.3 is 33.7 Å². The van der Waals surface area contributed by atoms with E-state index in [-0.39, 0.29) is 58.2 Å². The minimum absolute atomic E-state index is 0.0722. The highest BCUT2D eigenvalue weighted by Crippen LogP contribution is 2.68. The summed E-state index contributed by atoms with van der Waals surface area (Å²) in [5.74, 6) is -2.75. The summed E-state index contributed by atoms with van der Waals surface area (Å²) in [5, 5.41) is 10.6. The van der Waals surface area contributed by atoms with E-state index in [9.17, 15) is 29.1 Å². The normalized spacial score (nSPS) is 37.9. The lowest BCUT2D eigenvalue weighted by Gasteiger charge is -2.60. The molecule has 0 spiro atoms. The van der Waals surface area contributed by atoms with Crippen molar-refractivity contribution in [3.63, 3.8) is 0 Å². The fourth-order valence-electron chi connectivity index (χ4n) is 14.6. The van der Waals surface area contributed by atoms with Gasteiger partial charge in [-0.3, -0.25) is 14.4 Å². The molecule has 2 aromatic rings. The molecule has 6 fully saturated rings. The van der Waals surface area contributed by atoms with Gasteiger partial charge in [0.25, 0.3) is 0 Å². The zero-order chi connectivity index (χ0) is 48.1.